The van der Waals surface area contributed by atoms with E-state index < -0.39 is 43.3 Å². The van der Waals surface area contributed by atoms with Gasteiger partial charge in [-0.05, 0) is 30.5 Å². The van der Waals surface area contributed by atoms with E-state index in [-0.39, 0.29) is 71.3 Å². The zero-order valence-electron chi connectivity index (χ0n) is 25.4. The van der Waals surface area contributed by atoms with Crippen LogP contribution in [0.1, 0.15) is 53.2 Å². The first kappa shape index (κ1) is 17.1. The summed E-state index contributed by atoms with van der Waals surface area (Å²) in [6.45, 7) is -3.64. The average Bonchev–Trinajstić information content (AvgIpc) is 3.45. The van der Waals surface area contributed by atoms with Crippen LogP contribution in [0.25, 0.3) is 11.2 Å². The van der Waals surface area contributed by atoms with E-state index in [0.717, 1.165) is 5.56 Å². The van der Waals surface area contributed by atoms with Gasteiger partial charge in [-0.25, -0.2) is 19.0 Å². The molecular formula is C23H29FN6O4S. The average molecular weight is 512 g/mol. The fourth-order valence-electron chi connectivity index (χ4n) is 4.44. The second-order valence-corrected chi connectivity index (χ2v) is 9.23. The first-order chi connectivity index (χ1) is 19.6. The van der Waals surface area contributed by atoms with Crippen LogP contribution in [0.4, 0.5) is 10.2 Å². The molecule has 4 N–H and O–H groups in total. The summed E-state index contributed by atoms with van der Waals surface area (Å²) in [6, 6.07) is 5.00. The van der Waals surface area contributed by atoms with Crippen molar-refractivity contribution in [2.24, 2.45) is 0 Å². The van der Waals surface area contributed by atoms with Crippen LogP contribution in [0, 0.1) is 5.82 Å². The van der Waals surface area contributed by atoms with Crippen LogP contribution in [-0.2, 0) is 4.74 Å². The quantitative estimate of drug-likeness (QED) is 0.236. The number of aliphatic hydroxyl groups excluding tert-OH is 3. The van der Waals surface area contributed by atoms with Crippen molar-refractivity contribution in [1.82, 2.24) is 25.0 Å². The largest absolute Gasteiger partial charge is 0.394 e. The van der Waals surface area contributed by atoms with Gasteiger partial charge >= 0.3 is 0 Å². The Bertz CT molecular complexity index is 1430. The zero-order valence-corrected chi connectivity index (χ0v) is 19.2. The number of hydrogen-bond acceptors (Lipinski definition) is 10. The first-order valence-corrected chi connectivity index (χ1v) is 11.9. The number of anilines is 1. The molecule has 6 atom stereocenters. The lowest BCUT2D eigenvalue weighted by molar-refractivity contribution is -0.0629. The molecule has 0 amide bonds. The predicted molar refractivity (Wildman–Crippen MR) is 128 cm³/mol. The van der Waals surface area contributed by atoms with Gasteiger partial charge < -0.3 is 25.4 Å². The Morgan fingerprint density at radius 2 is 2.09 bits per heavy atom. The Hall–Kier alpha value is -2.38. The standard InChI is InChI=1S/C23H29FN6O4S/c1-2-9-35-23-26-21(25-15-10-14(15)12-3-5-13(24)6-4-12)18-22(27-23)30(29-28-18)16-11-17(34-8-7-31)20(33)19(16)32/h3-6,14-17,19-20,31-33H,2,7-11H2,1H3,(H,25,26,27)/t14-,15+,16+,17-,19-,20+/m0/s1/i1D3,2D2,9D2. The predicted octanol–water partition coefficient (Wildman–Crippen LogP) is 1.87. The third-order valence-electron chi connectivity index (χ3n) is 6.24. The molecule has 2 saturated carbocycles. The number of aliphatic hydroxyl groups is 3. The highest BCUT2D eigenvalue weighted by molar-refractivity contribution is 7.99. The number of aromatic nitrogens is 5. The van der Waals surface area contributed by atoms with Crippen LogP contribution in [0.15, 0.2) is 29.4 Å². The van der Waals surface area contributed by atoms with Crippen molar-refractivity contribution >= 4 is 28.7 Å². The molecular weight excluding hydrogens is 475 g/mol. The number of benzene rings is 1. The van der Waals surface area contributed by atoms with E-state index in [9.17, 15) is 14.6 Å². The Labute approximate surface area is 215 Å². The van der Waals surface area contributed by atoms with E-state index in [1.54, 1.807) is 12.1 Å². The van der Waals surface area contributed by atoms with Gasteiger partial charge in [0.05, 0.1) is 25.4 Å². The molecule has 1 aromatic carbocycles. The minimum absolute atomic E-state index is 0.00845. The molecule has 0 spiro atoms. The van der Waals surface area contributed by atoms with Crippen molar-refractivity contribution in [3.8, 4) is 0 Å². The Kier molecular flexibility index (Phi) is 5.05. The smallest absolute Gasteiger partial charge is 0.191 e. The normalized spacial score (nSPS) is 32.2. The summed E-state index contributed by atoms with van der Waals surface area (Å²) in [5.74, 6) is -0.238. The molecule has 2 aliphatic carbocycles. The molecule has 0 bridgehead atoms. The highest BCUT2D eigenvalue weighted by Gasteiger charge is 2.45. The molecule has 2 fully saturated rings. The lowest BCUT2D eigenvalue weighted by atomic mass is 10.1. The summed E-state index contributed by atoms with van der Waals surface area (Å²) in [4.78, 5) is 8.67. The fourth-order valence-corrected chi connectivity index (χ4v) is 4.85. The number of thioether (sulfide) groups is 1. The number of halogens is 1. The molecule has 35 heavy (non-hydrogen) atoms. The maximum atomic E-state index is 13.4. The molecule has 2 aliphatic rings. The Morgan fingerprint density at radius 3 is 2.86 bits per heavy atom. The third kappa shape index (κ3) is 4.98. The van der Waals surface area contributed by atoms with Crippen molar-refractivity contribution in [2.75, 3.05) is 24.2 Å². The van der Waals surface area contributed by atoms with Gasteiger partial charge in [-0.1, -0.05) is 36.0 Å². The van der Waals surface area contributed by atoms with Gasteiger partial charge in [-0.15, -0.1) is 5.10 Å². The van der Waals surface area contributed by atoms with Crippen molar-refractivity contribution in [3.05, 3.63) is 35.6 Å². The van der Waals surface area contributed by atoms with Crippen molar-refractivity contribution in [2.45, 2.75) is 67.5 Å². The lowest BCUT2D eigenvalue weighted by Crippen LogP contribution is -2.33. The first-order valence-electron chi connectivity index (χ1n) is 14.6. The second kappa shape index (κ2) is 10.3. The number of ether oxygens (including phenoxy) is 1. The zero-order chi connectivity index (χ0) is 30.6. The summed E-state index contributed by atoms with van der Waals surface area (Å²) in [5.41, 5.74) is -1.94. The molecule has 2 aromatic heterocycles. The van der Waals surface area contributed by atoms with Gasteiger partial charge in [0.25, 0.3) is 0 Å². The van der Waals surface area contributed by atoms with Crippen LogP contribution < -0.4 is 5.32 Å². The molecule has 2 heterocycles. The van der Waals surface area contributed by atoms with Gasteiger partial charge in [0.2, 0.25) is 0 Å². The minimum Gasteiger partial charge on any atom is -0.394 e. The van der Waals surface area contributed by atoms with E-state index >= 15 is 0 Å². The highest BCUT2D eigenvalue weighted by Crippen LogP contribution is 2.43. The van der Waals surface area contributed by atoms with Crippen LogP contribution in [-0.4, -0.2) is 83.6 Å². The number of rotatable bonds is 10. The van der Waals surface area contributed by atoms with E-state index in [1.807, 2.05) is 0 Å². The summed E-state index contributed by atoms with van der Waals surface area (Å²) < 4.78 is 75.1. The Morgan fingerprint density at radius 1 is 1.26 bits per heavy atom. The van der Waals surface area contributed by atoms with Crippen molar-refractivity contribution < 1.29 is 34.0 Å². The number of fused-ring (bicyclic) bond motifs is 1. The highest BCUT2D eigenvalue weighted by atomic mass is 32.2. The number of nitrogens with zero attached hydrogens (tertiary/aromatic N) is 5. The van der Waals surface area contributed by atoms with Crippen LogP contribution in [0.5, 0.6) is 0 Å². The van der Waals surface area contributed by atoms with E-state index in [1.165, 1.54) is 16.8 Å². The molecule has 5 rings (SSSR count). The summed E-state index contributed by atoms with van der Waals surface area (Å²) in [5, 5.41) is 41.5. The maximum absolute atomic E-state index is 13.4. The van der Waals surface area contributed by atoms with E-state index in [4.69, 9.17) is 19.4 Å². The van der Waals surface area contributed by atoms with Crippen molar-refractivity contribution in [3.63, 3.8) is 0 Å². The Balaban J connectivity index is 1.51. The lowest BCUT2D eigenvalue weighted by Gasteiger charge is -2.17. The molecule has 188 valence electrons. The summed E-state index contributed by atoms with van der Waals surface area (Å²) in [6.07, 6.45) is -6.03. The fraction of sp³-hybridized carbons (Fsp3) is 0.565. The summed E-state index contributed by atoms with van der Waals surface area (Å²) in [7, 11) is 0. The van der Waals surface area contributed by atoms with Crippen LogP contribution in [0.2, 0.25) is 0 Å². The topological polar surface area (TPSA) is 138 Å². The van der Waals surface area contributed by atoms with Gasteiger partial charge in [-0.3, -0.25) is 0 Å². The summed E-state index contributed by atoms with van der Waals surface area (Å²) >= 11 is 0.184. The molecule has 0 aliphatic heterocycles. The molecule has 0 radical (unpaired) electrons. The van der Waals surface area contributed by atoms with E-state index in [2.05, 4.69) is 25.6 Å². The molecule has 10 nitrogen and oxygen atoms in total. The van der Waals surface area contributed by atoms with Gasteiger partial charge in [0.15, 0.2) is 22.1 Å². The maximum Gasteiger partial charge on any atom is 0.191 e. The van der Waals surface area contributed by atoms with Crippen molar-refractivity contribution in [1.29, 1.82) is 0 Å². The molecule has 12 heteroatoms. The molecule has 0 saturated heterocycles. The monoisotopic (exact) mass is 511 g/mol. The SMILES string of the molecule is [2H]C([2H])([2H])C([2H])([2H])C([2H])([2H])Sc1nc(N[C@@H]2C[C@H]2c2ccc(F)cc2)c2nnn([C@@H]3C[C@H](OCCO)[C@@H](O)[C@H]3O)c2n1. The van der Waals surface area contributed by atoms with E-state index in [0.29, 0.717) is 6.42 Å². The van der Waals surface area contributed by atoms with Gasteiger partial charge in [-0.2, -0.15) is 0 Å². The van der Waals surface area contributed by atoms with Crippen LogP contribution >= 0.6 is 11.8 Å². The van der Waals surface area contributed by atoms with Gasteiger partial charge in [0.1, 0.15) is 18.0 Å². The van der Waals surface area contributed by atoms with Gasteiger partial charge in [0, 0.05) is 33.7 Å². The number of nitrogens with one attached hydrogen (secondary N) is 1. The number of hydrogen-bond donors (Lipinski definition) is 4. The molecule has 3 aromatic rings. The second-order valence-electron chi connectivity index (χ2n) is 8.45. The van der Waals surface area contributed by atoms with Crippen LogP contribution in [0.3, 0.4) is 0 Å². The minimum atomic E-state index is -3.29. The third-order valence-corrected chi connectivity index (χ3v) is 6.81. The molecule has 0 unspecified atom stereocenters.